The molecular formula is C13H26N2OY-2. The van der Waals surface area contributed by atoms with E-state index in [4.69, 9.17) is 0 Å². The van der Waals surface area contributed by atoms with Crippen LogP contribution in [0.3, 0.4) is 0 Å². The minimum absolute atomic E-state index is 0. The molecule has 0 saturated carbocycles. The quantitative estimate of drug-likeness (QED) is 0.374. The van der Waals surface area contributed by atoms with Crippen LogP contribution in [0.2, 0.25) is 0 Å². The van der Waals surface area contributed by atoms with E-state index in [1.165, 1.54) is 6.41 Å². The molecule has 0 unspecified atom stereocenters. The number of hydrogen-bond donors (Lipinski definition) is 1. The summed E-state index contributed by atoms with van der Waals surface area (Å²) in [6.07, 6.45) is 4.87. The molecule has 1 amide bonds. The number of allylic oxidation sites excluding steroid dienone is 2. The van der Waals surface area contributed by atoms with Crippen molar-refractivity contribution in [2.24, 2.45) is 4.99 Å². The largest absolute Gasteiger partial charge is 0.428 e. The minimum atomic E-state index is 0. The standard InChI is InChI=1S/C8H11N2O.2C2H6.CH3.Y/c1-7(2)4-5-9-8(3)10-6-11;2*1-2;;/h4-5H,1H2,2-3H3,(H,9,10,11);2*1-2H3;1H3;/q-1;;;-1;/b5-4-;;;;. The third-order valence-electron chi connectivity index (χ3n) is 0.873. The number of rotatable bonds is 3. The van der Waals surface area contributed by atoms with Crippen molar-refractivity contribution in [1.29, 1.82) is 0 Å². The number of nitrogens with one attached hydrogen (secondary N) is 1. The van der Waals surface area contributed by atoms with E-state index in [1.54, 1.807) is 19.2 Å². The van der Waals surface area contributed by atoms with E-state index in [9.17, 15) is 4.79 Å². The fraction of sp³-hybridized carbons (Fsp3) is 0.462. The fourth-order valence-corrected chi connectivity index (χ4v) is 0.405. The van der Waals surface area contributed by atoms with Crippen molar-refractivity contribution >= 4 is 12.2 Å². The molecule has 0 aromatic heterocycles. The summed E-state index contributed by atoms with van der Waals surface area (Å²) in [7, 11) is 0. The first kappa shape index (κ1) is 30.1. The third kappa shape index (κ3) is 38.9. The van der Waals surface area contributed by atoms with Gasteiger partial charge in [-0.25, -0.2) is 0 Å². The molecule has 0 rings (SSSR count). The van der Waals surface area contributed by atoms with Gasteiger partial charge < -0.3 is 22.5 Å². The van der Waals surface area contributed by atoms with Crippen molar-refractivity contribution in [3.05, 3.63) is 31.9 Å². The van der Waals surface area contributed by atoms with Crippen LogP contribution in [-0.4, -0.2) is 12.2 Å². The zero-order valence-corrected chi connectivity index (χ0v) is 15.1. The maximum absolute atomic E-state index is 9.72. The summed E-state index contributed by atoms with van der Waals surface area (Å²) in [4.78, 5) is 13.1. The van der Waals surface area contributed by atoms with Crippen LogP contribution in [0.5, 0.6) is 0 Å². The smallest absolute Gasteiger partial charge is 0.0909 e. The number of carbonyl (C=O) groups excluding carboxylic acids is 1. The van der Waals surface area contributed by atoms with Crippen molar-refractivity contribution < 1.29 is 37.5 Å². The monoisotopic (exact) mass is 315 g/mol. The topological polar surface area (TPSA) is 41.5 Å². The molecule has 0 bridgehead atoms. The Balaban J connectivity index is -0.0000000720. The van der Waals surface area contributed by atoms with Crippen LogP contribution in [-0.2, 0) is 37.5 Å². The Kier molecular flexibility index (Phi) is 52.5. The molecule has 0 fully saturated rings. The molecule has 0 aliphatic carbocycles. The van der Waals surface area contributed by atoms with Crippen LogP contribution in [0.4, 0.5) is 0 Å². The summed E-state index contributed by atoms with van der Waals surface area (Å²) in [6, 6.07) is 0. The zero-order valence-electron chi connectivity index (χ0n) is 12.3. The van der Waals surface area contributed by atoms with E-state index < -0.39 is 0 Å². The van der Waals surface area contributed by atoms with Gasteiger partial charge in [0.1, 0.15) is 0 Å². The molecule has 17 heavy (non-hydrogen) atoms. The Hall–Kier alpha value is -0.276. The van der Waals surface area contributed by atoms with Crippen LogP contribution in [0, 0.1) is 7.43 Å². The van der Waals surface area contributed by atoms with Crippen LogP contribution in [0.25, 0.3) is 0 Å². The second-order valence-corrected chi connectivity index (χ2v) is 2.11. The first-order chi connectivity index (χ1) is 7.16. The Morgan fingerprint density at radius 3 is 1.94 bits per heavy atom. The van der Waals surface area contributed by atoms with Crippen molar-refractivity contribution in [2.75, 3.05) is 0 Å². The van der Waals surface area contributed by atoms with E-state index in [2.05, 4.69) is 16.9 Å². The fourth-order valence-electron chi connectivity index (χ4n) is 0.405. The van der Waals surface area contributed by atoms with Gasteiger partial charge in [-0.15, -0.1) is 0 Å². The van der Waals surface area contributed by atoms with Crippen molar-refractivity contribution in [1.82, 2.24) is 5.32 Å². The van der Waals surface area contributed by atoms with Crippen LogP contribution >= 0.6 is 0 Å². The molecule has 99 valence electrons. The molecule has 1 radical (unpaired) electrons. The second-order valence-electron chi connectivity index (χ2n) is 2.11. The molecule has 0 aromatic rings. The molecule has 1 N–H and O–H groups in total. The van der Waals surface area contributed by atoms with Gasteiger partial charge in [0.15, 0.2) is 0 Å². The molecule has 4 heteroatoms. The summed E-state index contributed by atoms with van der Waals surface area (Å²) in [5, 5.41) is 2.76. The number of aliphatic imine (C=N–C) groups is 1. The molecule has 0 aliphatic rings. The summed E-state index contributed by atoms with van der Waals surface area (Å²) in [6.45, 7) is 15.2. The van der Waals surface area contributed by atoms with Gasteiger partial charge in [0.25, 0.3) is 0 Å². The first-order valence-corrected chi connectivity index (χ1v) is 5.17. The van der Waals surface area contributed by atoms with Crippen LogP contribution < -0.4 is 5.32 Å². The number of hydrogen-bond acceptors (Lipinski definition) is 1. The number of amides is 1. The Bertz CT molecular complexity index is 211. The summed E-state index contributed by atoms with van der Waals surface area (Å²) < 4.78 is 0. The average Bonchev–Trinajstić information content (AvgIpc) is 2.23. The van der Waals surface area contributed by atoms with Gasteiger partial charge in [0, 0.05) is 32.7 Å². The summed E-state index contributed by atoms with van der Waals surface area (Å²) >= 11 is 0. The van der Waals surface area contributed by atoms with Crippen LogP contribution in [0.1, 0.15) is 41.5 Å². The predicted octanol–water partition coefficient (Wildman–Crippen LogP) is 3.65. The minimum Gasteiger partial charge on any atom is -0.428 e. The van der Waals surface area contributed by atoms with Crippen molar-refractivity contribution in [3.63, 3.8) is 0 Å². The zero-order chi connectivity index (χ0) is 12.7. The van der Waals surface area contributed by atoms with Gasteiger partial charge in [-0.1, -0.05) is 46.8 Å². The van der Waals surface area contributed by atoms with E-state index >= 15 is 0 Å². The molecule has 0 saturated heterocycles. The summed E-state index contributed by atoms with van der Waals surface area (Å²) in [5.74, 6) is 0.512. The van der Waals surface area contributed by atoms with E-state index in [0.717, 1.165) is 5.57 Å². The molecule has 0 aromatic carbocycles. The van der Waals surface area contributed by atoms with Gasteiger partial charge in [0.05, 0.1) is 6.41 Å². The maximum atomic E-state index is 9.72. The number of nitrogens with zero attached hydrogens (tertiary/aromatic N) is 1. The third-order valence-corrected chi connectivity index (χ3v) is 0.873. The average molecular weight is 315 g/mol. The Morgan fingerprint density at radius 1 is 1.24 bits per heavy atom. The van der Waals surface area contributed by atoms with Crippen molar-refractivity contribution in [3.8, 4) is 0 Å². The Labute approximate surface area is 133 Å². The predicted molar refractivity (Wildman–Crippen MR) is 75.0 cm³/mol. The molecular weight excluding hydrogens is 289 g/mol. The Morgan fingerprint density at radius 2 is 1.65 bits per heavy atom. The van der Waals surface area contributed by atoms with E-state index in [1.807, 2.05) is 34.6 Å². The molecule has 0 heterocycles. The first-order valence-electron chi connectivity index (χ1n) is 5.17. The molecule has 0 aliphatic heterocycles. The normalized spacial score (nSPS) is 8.24. The van der Waals surface area contributed by atoms with Gasteiger partial charge in [0.2, 0.25) is 0 Å². The second kappa shape index (κ2) is 29.6. The van der Waals surface area contributed by atoms with E-state index in [-0.39, 0.29) is 40.1 Å². The number of amidine groups is 1. The molecule has 0 spiro atoms. The van der Waals surface area contributed by atoms with Gasteiger partial charge in [-0.2, -0.15) is 0 Å². The van der Waals surface area contributed by atoms with E-state index in [0.29, 0.717) is 5.84 Å². The van der Waals surface area contributed by atoms with Gasteiger partial charge >= 0.3 is 0 Å². The van der Waals surface area contributed by atoms with Gasteiger partial charge in [-0.3, -0.25) is 0 Å². The SMILES string of the molecule is C=C(C)/C=C\NC(C)=N[C-]=O.CC.CC.[CH3-].[Y]. The van der Waals surface area contributed by atoms with Crippen molar-refractivity contribution in [2.45, 2.75) is 41.5 Å². The molecule has 3 nitrogen and oxygen atoms in total. The maximum Gasteiger partial charge on any atom is 0.0909 e. The molecule has 0 atom stereocenters. The summed E-state index contributed by atoms with van der Waals surface area (Å²) in [5.41, 5.74) is 0.931. The van der Waals surface area contributed by atoms with Crippen LogP contribution in [0.15, 0.2) is 29.4 Å². The van der Waals surface area contributed by atoms with Gasteiger partial charge in [-0.05, 0) is 25.0 Å².